The molecule has 5 heteroatoms. The number of nitrogens with zero attached hydrogens (tertiary/aromatic N) is 3. The molecule has 0 aliphatic carbocycles. The van der Waals surface area contributed by atoms with Crippen LogP contribution < -0.4 is 10.1 Å². The van der Waals surface area contributed by atoms with Crippen molar-refractivity contribution in [1.29, 1.82) is 0 Å². The fourth-order valence-electron chi connectivity index (χ4n) is 3.72. The van der Waals surface area contributed by atoms with Crippen molar-refractivity contribution in [3.05, 3.63) is 48.3 Å². The third-order valence-electron chi connectivity index (χ3n) is 4.99. The minimum atomic E-state index is -2.24. The van der Waals surface area contributed by atoms with Gasteiger partial charge in [0.25, 0.3) is 0 Å². The molecule has 26 heavy (non-hydrogen) atoms. The lowest BCUT2D eigenvalue weighted by molar-refractivity contribution is 0.374. The summed E-state index contributed by atoms with van der Waals surface area (Å²) in [6.07, 6.45) is 3.35. The highest BCUT2D eigenvalue weighted by molar-refractivity contribution is 6.14. The van der Waals surface area contributed by atoms with E-state index >= 15 is 0 Å². The van der Waals surface area contributed by atoms with Gasteiger partial charge >= 0.3 is 0 Å². The van der Waals surface area contributed by atoms with Crippen molar-refractivity contribution in [2.75, 3.05) is 19.7 Å². The van der Waals surface area contributed by atoms with E-state index in [1.165, 1.54) is 0 Å². The number of benzene rings is 2. The Bertz CT molecular complexity index is 1290. The molecule has 2 aromatic heterocycles. The van der Waals surface area contributed by atoms with Gasteiger partial charge in [0.2, 0.25) is 0 Å². The molecule has 0 saturated heterocycles. The summed E-state index contributed by atoms with van der Waals surface area (Å²) in [4.78, 5) is 8.53. The average Bonchev–Trinajstić information content (AvgIpc) is 3.31. The van der Waals surface area contributed by atoms with Gasteiger partial charge in [-0.05, 0) is 48.1 Å². The minimum absolute atomic E-state index is 0.359. The van der Waals surface area contributed by atoms with Crippen molar-refractivity contribution >= 4 is 38.4 Å². The number of hydrogen-bond acceptors (Lipinski definition) is 4. The third-order valence-corrected chi connectivity index (χ3v) is 4.99. The second kappa shape index (κ2) is 5.73. The summed E-state index contributed by atoms with van der Waals surface area (Å²) in [5.74, 6) is 1.58. The van der Waals surface area contributed by atoms with Crippen LogP contribution >= 0.6 is 0 Å². The van der Waals surface area contributed by atoms with E-state index in [0.29, 0.717) is 17.6 Å². The minimum Gasteiger partial charge on any atom is -0.486 e. The van der Waals surface area contributed by atoms with Crippen LogP contribution in [0.4, 0.5) is 0 Å². The Morgan fingerprint density at radius 3 is 3.04 bits per heavy atom. The van der Waals surface area contributed by atoms with E-state index in [2.05, 4.69) is 15.3 Å². The van der Waals surface area contributed by atoms with Crippen molar-refractivity contribution in [2.45, 2.75) is 6.85 Å². The Hall–Kier alpha value is -3.08. The maximum absolute atomic E-state index is 8.17. The Kier molecular flexibility index (Phi) is 2.71. The smallest absolute Gasteiger partial charge is 0.145 e. The number of pyridine rings is 1. The molecule has 0 bridgehead atoms. The number of aromatic nitrogens is 2. The van der Waals surface area contributed by atoms with E-state index in [9.17, 15) is 0 Å². The highest BCUT2D eigenvalue weighted by Crippen LogP contribution is 2.36. The molecule has 0 unspecified atom stereocenters. The highest BCUT2D eigenvalue weighted by Gasteiger charge is 2.14. The molecular weight excluding hydrogens is 324 g/mol. The topological polar surface area (TPSA) is 51.4 Å². The molecule has 130 valence electrons. The monoisotopic (exact) mass is 347 g/mol. The predicted molar refractivity (Wildman–Crippen MR) is 106 cm³/mol. The van der Waals surface area contributed by atoms with Gasteiger partial charge in [-0.25, -0.2) is 0 Å². The second-order valence-electron chi connectivity index (χ2n) is 6.53. The van der Waals surface area contributed by atoms with Crippen molar-refractivity contribution in [1.82, 2.24) is 14.9 Å². The number of rotatable bonds is 3. The Morgan fingerprint density at radius 1 is 1.23 bits per heavy atom. The van der Waals surface area contributed by atoms with E-state index in [-0.39, 0.29) is 0 Å². The number of nitrogens with one attached hydrogen (secondary N) is 1. The summed E-state index contributed by atoms with van der Waals surface area (Å²) in [6.45, 7) is -0.226. The lowest BCUT2D eigenvalue weighted by atomic mass is 10.0. The standard InChI is InChI=1S/C21H20N4O/c1-13-16-5-6-22-11-14(16)9-18-17-10-15(26-12-20-23-7-8-24-20)3-4-19(17)25(2)21(13)18/h3-6,9-11H,7-8,12H2,1-2H3,(H,23,24)/i1D3. The van der Waals surface area contributed by atoms with E-state index in [1.807, 2.05) is 35.9 Å². The molecule has 3 heterocycles. The summed E-state index contributed by atoms with van der Waals surface area (Å²) in [7, 11) is 1.91. The molecule has 0 spiro atoms. The van der Waals surface area contributed by atoms with E-state index in [0.717, 1.165) is 51.9 Å². The zero-order chi connectivity index (χ0) is 20.2. The summed E-state index contributed by atoms with van der Waals surface area (Å²) < 4.78 is 32.4. The Morgan fingerprint density at radius 2 is 2.19 bits per heavy atom. The van der Waals surface area contributed by atoms with Crippen LogP contribution in [0.2, 0.25) is 0 Å². The summed E-state index contributed by atoms with van der Waals surface area (Å²) in [5, 5.41) is 6.56. The maximum atomic E-state index is 8.17. The quantitative estimate of drug-likeness (QED) is 0.616. The SMILES string of the molecule is [2H]C([2H])([2H])c1c2ccncc2cc2c3cc(OCC4=NCCN4)ccc3n(C)c12. The Balaban J connectivity index is 1.74. The van der Waals surface area contributed by atoms with Gasteiger partial charge in [0.1, 0.15) is 18.2 Å². The summed E-state index contributed by atoms with van der Waals surface area (Å²) in [5.41, 5.74) is 2.04. The number of hydrogen-bond donors (Lipinski definition) is 1. The molecule has 1 aliphatic rings. The molecule has 2 aromatic carbocycles. The first-order valence-electron chi connectivity index (χ1n) is 10.1. The van der Waals surface area contributed by atoms with E-state index in [4.69, 9.17) is 8.85 Å². The van der Waals surface area contributed by atoms with Gasteiger partial charge < -0.3 is 14.6 Å². The van der Waals surface area contributed by atoms with Crippen LogP contribution in [0, 0.1) is 6.85 Å². The number of amidine groups is 1. The largest absolute Gasteiger partial charge is 0.486 e. The molecule has 0 amide bonds. The van der Waals surface area contributed by atoms with Crippen molar-refractivity contribution in [2.24, 2.45) is 12.0 Å². The number of fused-ring (bicyclic) bond motifs is 4. The molecule has 0 radical (unpaired) electrons. The second-order valence-corrected chi connectivity index (χ2v) is 6.53. The first-order chi connectivity index (χ1) is 13.9. The van der Waals surface area contributed by atoms with Gasteiger partial charge in [-0.1, -0.05) is 0 Å². The van der Waals surface area contributed by atoms with Gasteiger partial charge in [-0.15, -0.1) is 0 Å². The molecule has 1 aliphatic heterocycles. The third kappa shape index (κ3) is 2.24. The van der Waals surface area contributed by atoms with Crippen LogP contribution in [0.25, 0.3) is 32.6 Å². The number of aryl methyl sites for hydroxylation is 2. The van der Waals surface area contributed by atoms with Crippen LogP contribution in [-0.2, 0) is 7.05 Å². The zero-order valence-corrected chi connectivity index (χ0v) is 14.4. The van der Waals surface area contributed by atoms with Crippen LogP contribution in [0.3, 0.4) is 0 Å². The first-order valence-corrected chi connectivity index (χ1v) is 8.63. The van der Waals surface area contributed by atoms with Gasteiger partial charge in [0.05, 0.1) is 12.1 Å². The lowest BCUT2D eigenvalue weighted by Gasteiger charge is -2.07. The fourth-order valence-corrected chi connectivity index (χ4v) is 3.72. The van der Waals surface area contributed by atoms with Crippen molar-refractivity contribution in [3.63, 3.8) is 0 Å². The fraction of sp³-hybridized carbons (Fsp3) is 0.238. The number of aliphatic imine (C=N–C) groups is 1. The van der Waals surface area contributed by atoms with E-state index in [1.54, 1.807) is 18.5 Å². The van der Waals surface area contributed by atoms with E-state index < -0.39 is 6.85 Å². The highest BCUT2D eigenvalue weighted by atomic mass is 16.5. The maximum Gasteiger partial charge on any atom is 0.145 e. The van der Waals surface area contributed by atoms with Crippen LogP contribution in [-0.4, -0.2) is 35.1 Å². The van der Waals surface area contributed by atoms with Crippen LogP contribution in [0.15, 0.2) is 47.7 Å². The molecule has 0 saturated carbocycles. The summed E-state index contributed by atoms with van der Waals surface area (Å²) >= 11 is 0. The summed E-state index contributed by atoms with van der Waals surface area (Å²) in [6, 6.07) is 9.64. The van der Waals surface area contributed by atoms with Gasteiger partial charge in [-0.3, -0.25) is 9.98 Å². The molecule has 0 atom stereocenters. The number of ether oxygens (including phenoxy) is 1. The van der Waals surface area contributed by atoms with Gasteiger partial charge in [0, 0.05) is 51.8 Å². The Labute approximate surface area is 155 Å². The molecule has 5 rings (SSSR count). The first kappa shape index (κ1) is 12.3. The van der Waals surface area contributed by atoms with Crippen LogP contribution in [0.1, 0.15) is 9.68 Å². The normalized spacial score (nSPS) is 16.3. The molecule has 4 aromatic rings. The van der Waals surface area contributed by atoms with Crippen molar-refractivity contribution in [3.8, 4) is 5.75 Å². The van der Waals surface area contributed by atoms with Gasteiger partial charge in [-0.2, -0.15) is 0 Å². The molecular formula is C21H20N4O. The predicted octanol–water partition coefficient (Wildman–Crippen LogP) is 3.57. The molecule has 1 N–H and O–H groups in total. The average molecular weight is 347 g/mol. The van der Waals surface area contributed by atoms with Gasteiger partial charge in [0.15, 0.2) is 0 Å². The molecule has 0 fully saturated rings. The van der Waals surface area contributed by atoms with Crippen molar-refractivity contribution < 1.29 is 8.85 Å². The zero-order valence-electron chi connectivity index (χ0n) is 17.4. The lowest BCUT2D eigenvalue weighted by Crippen LogP contribution is -2.24. The molecule has 5 nitrogen and oxygen atoms in total. The van der Waals surface area contributed by atoms with Crippen LogP contribution in [0.5, 0.6) is 5.75 Å².